The molecule has 150 valence electrons. The number of aromatic nitrogens is 1. The number of pyridine rings is 1. The first-order chi connectivity index (χ1) is 14.1. The molecule has 1 heterocycles. The Morgan fingerprint density at radius 3 is 2.34 bits per heavy atom. The third-order valence-electron chi connectivity index (χ3n) is 4.23. The highest BCUT2D eigenvalue weighted by atomic mass is 16.5. The van der Waals surface area contributed by atoms with Crippen molar-refractivity contribution in [1.82, 2.24) is 4.98 Å². The maximum absolute atomic E-state index is 12.4. The summed E-state index contributed by atoms with van der Waals surface area (Å²) >= 11 is 0. The van der Waals surface area contributed by atoms with Crippen LogP contribution in [0, 0.1) is 0 Å². The number of amides is 1. The maximum Gasteiger partial charge on any atom is 0.228 e. The van der Waals surface area contributed by atoms with Crippen LogP contribution in [0.5, 0.6) is 17.2 Å². The van der Waals surface area contributed by atoms with Crippen LogP contribution in [0.3, 0.4) is 0 Å². The molecule has 0 saturated carbocycles. The first-order valence-electron chi connectivity index (χ1n) is 8.99. The SMILES string of the molecule is COc1ccccc1Nc1ccc(NC(=O)Cc2ccc(OC)c(OC)c2)cn1. The molecular formula is C22H23N3O4. The molecule has 0 aliphatic carbocycles. The number of ether oxygens (including phenoxy) is 3. The highest BCUT2D eigenvalue weighted by Gasteiger charge is 2.09. The number of methoxy groups -OCH3 is 3. The quantitative estimate of drug-likeness (QED) is 0.601. The largest absolute Gasteiger partial charge is 0.495 e. The average Bonchev–Trinajstić information content (AvgIpc) is 2.75. The minimum absolute atomic E-state index is 0.149. The first-order valence-corrected chi connectivity index (χ1v) is 8.99. The summed E-state index contributed by atoms with van der Waals surface area (Å²) in [7, 11) is 4.75. The zero-order valence-electron chi connectivity index (χ0n) is 16.6. The fourth-order valence-corrected chi connectivity index (χ4v) is 2.81. The summed E-state index contributed by atoms with van der Waals surface area (Å²) in [5.74, 6) is 2.43. The summed E-state index contributed by atoms with van der Waals surface area (Å²) < 4.78 is 15.8. The molecule has 0 radical (unpaired) electrons. The summed E-state index contributed by atoms with van der Waals surface area (Å²) in [5.41, 5.74) is 2.25. The molecule has 1 aromatic heterocycles. The second-order valence-corrected chi connectivity index (χ2v) is 6.17. The van der Waals surface area contributed by atoms with E-state index < -0.39 is 0 Å². The minimum Gasteiger partial charge on any atom is -0.495 e. The zero-order chi connectivity index (χ0) is 20.6. The highest BCUT2D eigenvalue weighted by molar-refractivity contribution is 5.92. The molecule has 29 heavy (non-hydrogen) atoms. The smallest absolute Gasteiger partial charge is 0.228 e. The minimum atomic E-state index is -0.149. The number of para-hydroxylation sites is 2. The van der Waals surface area contributed by atoms with Gasteiger partial charge in [-0.15, -0.1) is 0 Å². The molecule has 0 atom stereocenters. The van der Waals surface area contributed by atoms with Crippen molar-refractivity contribution < 1.29 is 19.0 Å². The molecule has 7 nitrogen and oxygen atoms in total. The van der Waals surface area contributed by atoms with Crippen LogP contribution < -0.4 is 24.8 Å². The first kappa shape index (κ1) is 20.0. The van der Waals surface area contributed by atoms with Gasteiger partial charge in [-0.25, -0.2) is 4.98 Å². The molecule has 0 saturated heterocycles. The molecule has 1 amide bonds. The van der Waals surface area contributed by atoms with Gasteiger partial charge in [0.1, 0.15) is 11.6 Å². The van der Waals surface area contributed by atoms with Crippen molar-refractivity contribution in [2.45, 2.75) is 6.42 Å². The Kier molecular flexibility index (Phi) is 6.52. The van der Waals surface area contributed by atoms with Crippen LogP contribution in [-0.2, 0) is 11.2 Å². The van der Waals surface area contributed by atoms with E-state index in [-0.39, 0.29) is 12.3 Å². The molecule has 3 aromatic rings. The molecule has 0 unspecified atom stereocenters. The summed E-state index contributed by atoms with van der Waals surface area (Å²) in [6.45, 7) is 0. The van der Waals surface area contributed by atoms with Gasteiger partial charge in [-0.3, -0.25) is 4.79 Å². The number of rotatable bonds is 8. The molecule has 0 spiro atoms. The second-order valence-electron chi connectivity index (χ2n) is 6.17. The standard InChI is InChI=1S/C22H23N3O4/c1-27-18-7-5-4-6-17(18)25-21-11-9-16(14-23-21)24-22(26)13-15-8-10-19(28-2)20(12-15)29-3/h4-12,14H,13H2,1-3H3,(H,23,25)(H,24,26). The maximum atomic E-state index is 12.4. The van der Waals surface area contributed by atoms with E-state index in [4.69, 9.17) is 14.2 Å². The van der Waals surface area contributed by atoms with E-state index in [0.29, 0.717) is 23.0 Å². The number of nitrogens with zero attached hydrogens (tertiary/aromatic N) is 1. The van der Waals surface area contributed by atoms with Crippen molar-refractivity contribution in [2.24, 2.45) is 0 Å². The zero-order valence-corrected chi connectivity index (χ0v) is 16.6. The molecule has 0 bridgehead atoms. The van der Waals surface area contributed by atoms with Crippen molar-refractivity contribution in [2.75, 3.05) is 32.0 Å². The molecule has 0 fully saturated rings. The summed E-state index contributed by atoms with van der Waals surface area (Å²) in [5, 5.41) is 6.04. The molecule has 0 aliphatic rings. The summed E-state index contributed by atoms with van der Waals surface area (Å²) in [6, 6.07) is 16.6. The summed E-state index contributed by atoms with van der Waals surface area (Å²) in [4.78, 5) is 16.7. The Hall–Kier alpha value is -3.74. The molecule has 0 aliphatic heterocycles. The van der Waals surface area contributed by atoms with Gasteiger partial charge >= 0.3 is 0 Å². The van der Waals surface area contributed by atoms with Gasteiger partial charge in [0.2, 0.25) is 5.91 Å². The lowest BCUT2D eigenvalue weighted by Crippen LogP contribution is -2.14. The third-order valence-corrected chi connectivity index (χ3v) is 4.23. The van der Waals surface area contributed by atoms with E-state index in [2.05, 4.69) is 15.6 Å². The number of hydrogen-bond donors (Lipinski definition) is 2. The lowest BCUT2D eigenvalue weighted by atomic mass is 10.1. The molecule has 7 heteroatoms. The molecule has 3 rings (SSSR count). The third kappa shape index (κ3) is 5.16. The molecular weight excluding hydrogens is 370 g/mol. The predicted octanol–water partition coefficient (Wildman–Crippen LogP) is 4.03. The van der Waals surface area contributed by atoms with Crippen molar-refractivity contribution in [3.05, 3.63) is 66.4 Å². The van der Waals surface area contributed by atoms with E-state index >= 15 is 0 Å². The van der Waals surface area contributed by atoms with Crippen LogP contribution in [-0.4, -0.2) is 32.2 Å². The van der Waals surface area contributed by atoms with Gasteiger partial charge in [-0.05, 0) is 42.0 Å². The number of nitrogens with one attached hydrogen (secondary N) is 2. The number of hydrogen-bond acceptors (Lipinski definition) is 6. The van der Waals surface area contributed by atoms with E-state index in [1.807, 2.05) is 30.3 Å². The average molecular weight is 393 g/mol. The molecule has 2 aromatic carbocycles. The normalized spacial score (nSPS) is 10.2. The van der Waals surface area contributed by atoms with Crippen LogP contribution in [0.2, 0.25) is 0 Å². The van der Waals surface area contributed by atoms with Crippen LogP contribution in [0.15, 0.2) is 60.8 Å². The van der Waals surface area contributed by atoms with Gasteiger partial charge in [0, 0.05) is 0 Å². The van der Waals surface area contributed by atoms with Gasteiger partial charge in [-0.1, -0.05) is 18.2 Å². The number of carbonyl (C=O) groups is 1. The Bertz CT molecular complexity index is 974. The Morgan fingerprint density at radius 1 is 0.897 bits per heavy atom. The van der Waals surface area contributed by atoms with Crippen LogP contribution in [0.25, 0.3) is 0 Å². The van der Waals surface area contributed by atoms with Gasteiger partial charge in [0.25, 0.3) is 0 Å². The Balaban J connectivity index is 1.61. The van der Waals surface area contributed by atoms with Gasteiger partial charge < -0.3 is 24.8 Å². The van der Waals surface area contributed by atoms with E-state index in [1.54, 1.807) is 51.8 Å². The van der Waals surface area contributed by atoms with Gasteiger partial charge in [0.05, 0.1) is 45.3 Å². The summed E-state index contributed by atoms with van der Waals surface area (Å²) in [6.07, 6.45) is 1.81. The van der Waals surface area contributed by atoms with Crippen LogP contribution >= 0.6 is 0 Å². The van der Waals surface area contributed by atoms with E-state index in [1.165, 1.54) is 0 Å². The monoisotopic (exact) mass is 393 g/mol. The number of anilines is 3. The van der Waals surface area contributed by atoms with Crippen molar-refractivity contribution in [3.63, 3.8) is 0 Å². The second kappa shape index (κ2) is 9.45. The predicted molar refractivity (Wildman–Crippen MR) is 112 cm³/mol. The van der Waals surface area contributed by atoms with Crippen molar-refractivity contribution >= 4 is 23.1 Å². The number of benzene rings is 2. The molecule has 2 N–H and O–H groups in total. The lowest BCUT2D eigenvalue weighted by Gasteiger charge is -2.11. The fourth-order valence-electron chi connectivity index (χ4n) is 2.81. The van der Waals surface area contributed by atoms with Crippen LogP contribution in [0.1, 0.15) is 5.56 Å². The number of carbonyl (C=O) groups excluding carboxylic acids is 1. The Morgan fingerprint density at radius 2 is 1.66 bits per heavy atom. The van der Waals surface area contributed by atoms with E-state index in [0.717, 1.165) is 17.0 Å². The van der Waals surface area contributed by atoms with E-state index in [9.17, 15) is 4.79 Å². The van der Waals surface area contributed by atoms with Crippen molar-refractivity contribution in [1.29, 1.82) is 0 Å². The topological polar surface area (TPSA) is 81.7 Å². The van der Waals surface area contributed by atoms with Crippen molar-refractivity contribution in [3.8, 4) is 17.2 Å². The fraction of sp³-hybridized carbons (Fsp3) is 0.182. The van der Waals surface area contributed by atoms with Crippen LogP contribution in [0.4, 0.5) is 17.2 Å². The lowest BCUT2D eigenvalue weighted by molar-refractivity contribution is -0.115. The van der Waals surface area contributed by atoms with Gasteiger partial charge in [-0.2, -0.15) is 0 Å². The van der Waals surface area contributed by atoms with Gasteiger partial charge in [0.15, 0.2) is 11.5 Å². The Labute approximate surface area is 169 Å². The highest BCUT2D eigenvalue weighted by Crippen LogP contribution is 2.28.